The molecule has 0 aromatic carbocycles. The Hall–Kier alpha value is -1.36. The van der Waals surface area contributed by atoms with Crippen molar-refractivity contribution in [3.8, 4) is 0 Å². The highest BCUT2D eigenvalue weighted by Gasteiger charge is 2.19. The van der Waals surface area contributed by atoms with Crippen molar-refractivity contribution < 1.29 is 4.79 Å². The number of carbonyl (C=O) groups is 1. The van der Waals surface area contributed by atoms with Crippen molar-refractivity contribution in [1.29, 1.82) is 0 Å². The van der Waals surface area contributed by atoms with E-state index in [1.807, 2.05) is 0 Å². The van der Waals surface area contributed by atoms with Crippen LogP contribution in [0, 0.1) is 0 Å². The van der Waals surface area contributed by atoms with Crippen molar-refractivity contribution >= 4 is 12.6 Å². The van der Waals surface area contributed by atoms with Gasteiger partial charge in [0.1, 0.15) is 0 Å². The van der Waals surface area contributed by atoms with E-state index in [9.17, 15) is 4.79 Å². The number of nitrogens with one attached hydrogen (secondary N) is 1. The highest BCUT2D eigenvalue weighted by molar-refractivity contribution is 5.80. The Kier molecular flexibility index (Phi) is 4.30. The summed E-state index contributed by atoms with van der Waals surface area (Å²) in [6.45, 7) is 6.00. The second-order valence-electron chi connectivity index (χ2n) is 3.86. The topological polar surface area (TPSA) is 70.7 Å². The van der Waals surface area contributed by atoms with Crippen LogP contribution in [0.15, 0.2) is 16.4 Å². The van der Waals surface area contributed by atoms with Crippen molar-refractivity contribution in [2.45, 2.75) is 26.3 Å². The molecular formula is C10H18N4O. The predicted octanol–water partition coefficient (Wildman–Crippen LogP) is 0.0451. The number of amides is 1. The van der Waals surface area contributed by atoms with Gasteiger partial charge in [-0.3, -0.25) is 9.69 Å². The Labute approximate surface area is 90.0 Å². The van der Waals surface area contributed by atoms with Crippen LogP contribution >= 0.6 is 0 Å². The molecule has 0 atom stereocenters. The molecule has 15 heavy (non-hydrogen) atoms. The van der Waals surface area contributed by atoms with Crippen LogP contribution in [0.25, 0.3) is 0 Å². The summed E-state index contributed by atoms with van der Waals surface area (Å²) in [5.41, 5.74) is 1.92. The molecule has 1 heterocycles. The number of hydrogen-bond acceptors (Lipinski definition) is 4. The van der Waals surface area contributed by atoms with E-state index in [-0.39, 0.29) is 0 Å². The van der Waals surface area contributed by atoms with Crippen LogP contribution in [0.3, 0.4) is 0 Å². The summed E-state index contributed by atoms with van der Waals surface area (Å²) in [7, 11) is 0. The molecule has 0 saturated carbocycles. The Morgan fingerprint density at radius 1 is 1.60 bits per heavy atom. The van der Waals surface area contributed by atoms with Gasteiger partial charge in [0.2, 0.25) is 6.41 Å². The zero-order chi connectivity index (χ0) is 11.3. The van der Waals surface area contributed by atoms with E-state index in [1.165, 1.54) is 0 Å². The van der Waals surface area contributed by atoms with Gasteiger partial charge in [-0.2, -0.15) is 5.10 Å². The van der Waals surface area contributed by atoms with E-state index in [1.54, 1.807) is 6.21 Å². The Morgan fingerprint density at radius 2 is 2.33 bits per heavy atom. The van der Waals surface area contributed by atoms with E-state index in [0.717, 1.165) is 30.8 Å². The number of nitrogens with zero attached hydrogens (tertiary/aromatic N) is 2. The molecule has 1 aliphatic heterocycles. The lowest BCUT2D eigenvalue weighted by molar-refractivity contribution is -0.109. The highest BCUT2D eigenvalue weighted by atomic mass is 16.1. The molecule has 0 unspecified atom stereocenters. The smallest absolute Gasteiger partial charge is 0.211 e. The van der Waals surface area contributed by atoms with Gasteiger partial charge in [0, 0.05) is 24.8 Å². The van der Waals surface area contributed by atoms with E-state index >= 15 is 0 Å². The number of nitrogens with two attached hydrogens (primary N) is 1. The highest BCUT2D eigenvalue weighted by Crippen LogP contribution is 2.16. The van der Waals surface area contributed by atoms with Gasteiger partial charge < -0.3 is 11.2 Å². The third kappa shape index (κ3) is 3.06. The monoisotopic (exact) mass is 210 g/mol. The molecule has 1 aliphatic rings. The minimum atomic E-state index is 0.477. The molecule has 0 aliphatic carbocycles. The lowest BCUT2D eigenvalue weighted by Gasteiger charge is -2.32. The largest absolute Gasteiger partial charge is 0.331 e. The maximum Gasteiger partial charge on any atom is 0.211 e. The lowest BCUT2D eigenvalue weighted by atomic mass is 10.0. The maximum atomic E-state index is 10.5. The van der Waals surface area contributed by atoms with Gasteiger partial charge in [0.15, 0.2) is 0 Å². The lowest BCUT2D eigenvalue weighted by Crippen LogP contribution is -2.40. The van der Waals surface area contributed by atoms with Crippen molar-refractivity contribution in [2.24, 2.45) is 10.9 Å². The molecule has 0 spiro atoms. The molecule has 0 fully saturated rings. The molecule has 0 saturated heterocycles. The van der Waals surface area contributed by atoms with Gasteiger partial charge in [-0.25, -0.2) is 0 Å². The summed E-state index contributed by atoms with van der Waals surface area (Å²) in [6, 6.07) is 0.477. The third-order valence-electron chi connectivity index (χ3n) is 2.61. The summed E-state index contributed by atoms with van der Waals surface area (Å²) >= 11 is 0. The standard InChI is InChI=1S/C10H18N4O/c1-8(2)14-4-3-9(5-13-11)10(6-14)12-7-15/h5,7-8H,3-4,6,11H2,1-2H3,(H,12,15)/b13-5-. The molecule has 0 aromatic heterocycles. The van der Waals surface area contributed by atoms with Crippen LogP contribution in [-0.4, -0.2) is 36.7 Å². The number of hydrazone groups is 1. The Balaban J connectivity index is 2.80. The van der Waals surface area contributed by atoms with Crippen LogP contribution in [0.2, 0.25) is 0 Å². The van der Waals surface area contributed by atoms with Crippen molar-refractivity contribution in [3.63, 3.8) is 0 Å². The Bertz CT molecular complexity index is 283. The van der Waals surface area contributed by atoms with Crippen LogP contribution < -0.4 is 11.2 Å². The van der Waals surface area contributed by atoms with Crippen LogP contribution in [-0.2, 0) is 4.79 Å². The first-order valence-electron chi connectivity index (χ1n) is 5.08. The fraction of sp³-hybridized carbons (Fsp3) is 0.600. The molecule has 0 radical (unpaired) electrons. The normalized spacial score (nSPS) is 18.9. The zero-order valence-corrected chi connectivity index (χ0v) is 9.23. The van der Waals surface area contributed by atoms with Crippen molar-refractivity contribution in [1.82, 2.24) is 10.2 Å². The van der Waals surface area contributed by atoms with Gasteiger partial charge in [0.05, 0.1) is 6.21 Å². The first kappa shape index (κ1) is 11.7. The van der Waals surface area contributed by atoms with Crippen molar-refractivity contribution in [3.05, 3.63) is 11.3 Å². The SMILES string of the molecule is CC(C)N1CCC(/C=N\N)=C(NC=O)C1. The molecule has 5 heteroatoms. The molecule has 5 nitrogen and oxygen atoms in total. The van der Waals surface area contributed by atoms with E-state index in [0.29, 0.717) is 12.5 Å². The second kappa shape index (κ2) is 5.50. The average Bonchev–Trinajstić information content (AvgIpc) is 2.21. The molecule has 0 bridgehead atoms. The molecule has 0 aromatic rings. The van der Waals surface area contributed by atoms with Gasteiger partial charge >= 0.3 is 0 Å². The van der Waals surface area contributed by atoms with Crippen LogP contribution in [0.5, 0.6) is 0 Å². The predicted molar refractivity (Wildman–Crippen MR) is 60.2 cm³/mol. The number of carbonyl (C=O) groups excluding carboxylic acids is 1. The maximum absolute atomic E-state index is 10.5. The van der Waals surface area contributed by atoms with Gasteiger partial charge in [-0.15, -0.1) is 0 Å². The summed E-state index contributed by atoms with van der Waals surface area (Å²) in [5, 5.41) is 6.22. The summed E-state index contributed by atoms with van der Waals surface area (Å²) in [5.74, 6) is 5.12. The first-order valence-corrected chi connectivity index (χ1v) is 5.08. The van der Waals surface area contributed by atoms with Crippen molar-refractivity contribution in [2.75, 3.05) is 13.1 Å². The van der Waals surface area contributed by atoms with Gasteiger partial charge in [0.25, 0.3) is 0 Å². The number of rotatable bonds is 4. The quantitative estimate of drug-likeness (QED) is 0.298. The fourth-order valence-corrected chi connectivity index (χ4v) is 1.68. The summed E-state index contributed by atoms with van der Waals surface area (Å²) in [4.78, 5) is 12.8. The number of hydrogen-bond donors (Lipinski definition) is 2. The van der Waals surface area contributed by atoms with E-state index < -0.39 is 0 Å². The van der Waals surface area contributed by atoms with E-state index in [2.05, 4.69) is 29.2 Å². The molecule has 1 amide bonds. The van der Waals surface area contributed by atoms with Crippen LogP contribution in [0.4, 0.5) is 0 Å². The minimum Gasteiger partial charge on any atom is -0.331 e. The van der Waals surface area contributed by atoms with Crippen LogP contribution in [0.1, 0.15) is 20.3 Å². The molecule has 3 N–H and O–H groups in total. The minimum absolute atomic E-state index is 0.477. The summed E-state index contributed by atoms with van der Waals surface area (Å²) < 4.78 is 0. The Morgan fingerprint density at radius 3 is 2.87 bits per heavy atom. The molecular weight excluding hydrogens is 192 g/mol. The van der Waals surface area contributed by atoms with E-state index in [4.69, 9.17) is 5.84 Å². The van der Waals surface area contributed by atoms with Gasteiger partial charge in [-0.1, -0.05) is 0 Å². The second-order valence-corrected chi connectivity index (χ2v) is 3.86. The first-order chi connectivity index (χ1) is 7.19. The fourth-order valence-electron chi connectivity index (χ4n) is 1.68. The summed E-state index contributed by atoms with van der Waals surface area (Å²) in [6.07, 6.45) is 3.18. The molecule has 1 rings (SSSR count). The molecule has 84 valence electrons. The third-order valence-corrected chi connectivity index (χ3v) is 2.61. The average molecular weight is 210 g/mol. The van der Waals surface area contributed by atoms with Gasteiger partial charge in [-0.05, 0) is 25.8 Å². The zero-order valence-electron chi connectivity index (χ0n) is 9.23.